The molecule has 1 aromatic heterocycles. The minimum Gasteiger partial charge on any atom is -0.493 e. The SMILES string of the molecule is COc1cc(C(C)NC(=O)c2cccnc2SC2CCCC2)cc(OC)c1OC. The average molecular weight is 417 g/mol. The maximum Gasteiger partial charge on any atom is 0.254 e. The first-order valence-electron chi connectivity index (χ1n) is 9.79. The summed E-state index contributed by atoms with van der Waals surface area (Å²) in [6.45, 7) is 1.93. The molecule has 0 spiro atoms. The molecule has 1 unspecified atom stereocenters. The van der Waals surface area contributed by atoms with Crippen molar-refractivity contribution >= 4 is 17.7 Å². The number of hydrogen-bond acceptors (Lipinski definition) is 6. The zero-order valence-corrected chi connectivity index (χ0v) is 18.2. The molecule has 0 saturated heterocycles. The van der Waals surface area contributed by atoms with E-state index in [9.17, 15) is 4.79 Å². The van der Waals surface area contributed by atoms with Crippen molar-refractivity contribution in [2.45, 2.75) is 48.9 Å². The molecule has 2 aromatic rings. The highest BCUT2D eigenvalue weighted by Gasteiger charge is 2.22. The Morgan fingerprint density at radius 2 is 1.79 bits per heavy atom. The molecular formula is C22H28N2O4S. The Labute approximate surface area is 176 Å². The number of carbonyl (C=O) groups is 1. The molecular weight excluding hydrogens is 388 g/mol. The zero-order valence-electron chi connectivity index (χ0n) is 17.4. The summed E-state index contributed by atoms with van der Waals surface area (Å²) in [5, 5.41) is 4.42. The summed E-state index contributed by atoms with van der Waals surface area (Å²) in [6.07, 6.45) is 6.62. The standard InChI is InChI=1S/C22H28N2O4S/c1-14(15-12-18(26-2)20(28-4)19(13-15)27-3)24-21(25)17-10-7-11-23-22(17)29-16-8-5-6-9-16/h7,10-14,16H,5-6,8-9H2,1-4H3,(H,24,25). The molecule has 1 saturated carbocycles. The number of nitrogens with zero attached hydrogens (tertiary/aromatic N) is 1. The van der Waals surface area contributed by atoms with Crippen molar-refractivity contribution < 1.29 is 19.0 Å². The highest BCUT2D eigenvalue weighted by Crippen LogP contribution is 2.40. The van der Waals surface area contributed by atoms with Crippen LogP contribution in [0.15, 0.2) is 35.5 Å². The van der Waals surface area contributed by atoms with Gasteiger partial charge in [0.2, 0.25) is 5.75 Å². The number of ether oxygens (including phenoxy) is 3. The van der Waals surface area contributed by atoms with Gasteiger partial charge < -0.3 is 19.5 Å². The van der Waals surface area contributed by atoms with E-state index in [2.05, 4.69) is 10.3 Å². The Morgan fingerprint density at radius 3 is 2.38 bits per heavy atom. The second kappa shape index (κ2) is 9.87. The molecule has 1 atom stereocenters. The number of rotatable bonds is 8. The van der Waals surface area contributed by atoms with Crippen LogP contribution in [-0.2, 0) is 0 Å². The molecule has 1 heterocycles. The topological polar surface area (TPSA) is 69.7 Å². The van der Waals surface area contributed by atoms with E-state index in [1.165, 1.54) is 25.7 Å². The number of amides is 1. The number of pyridine rings is 1. The molecule has 1 aliphatic carbocycles. The van der Waals surface area contributed by atoms with E-state index >= 15 is 0 Å². The normalized spacial score (nSPS) is 15.0. The number of aromatic nitrogens is 1. The van der Waals surface area contributed by atoms with Crippen molar-refractivity contribution in [1.82, 2.24) is 10.3 Å². The monoisotopic (exact) mass is 416 g/mol. The summed E-state index contributed by atoms with van der Waals surface area (Å²) < 4.78 is 16.2. The van der Waals surface area contributed by atoms with E-state index in [0.717, 1.165) is 10.6 Å². The van der Waals surface area contributed by atoms with Gasteiger partial charge >= 0.3 is 0 Å². The van der Waals surface area contributed by atoms with Gasteiger partial charge in [0.25, 0.3) is 5.91 Å². The van der Waals surface area contributed by atoms with Crippen LogP contribution in [0.2, 0.25) is 0 Å². The van der Waals surface area contributed by atoms with Gasteiger partial charge in [0.15, 0.2) is 11.5 Å². The smallest absolute Gasteiger partial charge is 0.254 e. The minimum atomic E-state index is -0.249. The molecule has 6 nitrogen and oxygen atoms in total. The largest absolute Gasteiger partial charge is 0.493 e. The Kier molecular flexibility index (Phi) is 7.25. The molecule has 156 valence electrons. The van der Waals surface area contributed by atoms with Gasteiger partial charge in [-0.1, -0.05) is 12.8 Å². The van der Waals surface area contributed by atoms with E-state index in [-0.39, 0.29) is 11.9 Å². The lowest BCUT2D eigenvalue weighted by Crippen LogP contribution is -2.27. The van der Waals surface area contributed by atoms with Crippen LogP contribution < -0.4 is 19.5 Å². The first kappa shape index (κ1) is 21.3. The van der Waals surface area contributed by atoms with Gasteiger partial charge in [-0.2, -0.15) is 0 Å². The molecule has 7 heteroatoms. The van der Waals surface area contributed by atoms with Crippen molar-refractivity contribution in [3.8, 4) is 17.2 Å². The van der Waals surface area contributed by atoms with E-state index < -0.39 is 0 Å². The Bertz CT molecular complexity index is 827. The van der Waals surface area contributed by atoms with Gasteiger partial charge in [0.05, 0.1) is 32.9 Å². The summed E-state index contributed by atoms with van der Waals surface area (Å²) in [4.78, 5) is 17.5. The highest BCUT2D eigenvalue weighted by atomic mass is 32.2. The van der Waals surface area contributed by atoms with Crippen LogP contribution in [0.3, 0.4) is 0 Å². The Hall–Kier alpha value is -2.41. The molecule has 0 bridgehead atoms. The molecule has 1 aromatic carbocycles. The van der Waals surface area contributed by atoms with Gasteiger partial charge in [-0.25, -0.2) is 4.98 Å². The Balaban J connectivity index is 1.79. The van der Waals surface area contributed by atoms with Crippen LogP contribution in [0.5, 0.6) is 17.2 Å². The van der Waals surface area contributed by atoms with Crippen LogP contribution in [0.1, 0.15) is 54.6 Å². The molecule has 1 N–H and O–H groups in total. The number of hydrogen-bond donors (Lipinski definition) is 1. The van der Waals surface area contributed by atoms with Crippen LogP contribution in [0.4, 0.5) is 0 Å². The maximum absolute atomic E-state index is 13.0. The lowest BCUT2D eigenvalue weighted by molar-refractivity contribution is 0.0936. The summed E-state index contributed by atoms with van der Waals surface area (Å²) in [5.41, 5.74) is 1.48. The van der Waals surface area contributed by atoms with Gasteiger partial charge in [0, 0.05) is 11.4 Å². The second-order valence-corrected chi connectivity index (χ2v) is 8.32. The van der Waals surface area contributed by atoms with Crippen molar-refractivity contribution in [2.24, 2.45) is 0 Å². The molecule has 1 aliphatic rings. The van der Waals surface area contributed by atoms with E-state index in [0.29, 0.717) is 28.1 Å². The third-order valence-electron chi connectivity index (χ3n) is 5.13. The van der Waals surface area contributed by atoms with Gasteiger partial charge in [0.1, 0.15) is 5.03 Å². The molecule has 1 amide bonds. The van der Waals surface area contributed by atoms with Crippen molar-refractivity contribution in [3.05, 3.63) is 41.6 Å². The number of nitrogens with one attached hydrogen (secondary N) is 1. The lowest BCUT2D eigenvalue weighted by Gasteiger charge is -2.19. The second-order valence-electron chi connectivity index (χ2n) is 7.03. The fourth-order valence-corrected chi connectivity index (χ4v) is 4.82. The lowest BCUT2D eigenvalue weighted by atomic mass is 10.1. The van der Waals surface area contributed by atoms with E-state index in [4.69, 9.17) is 14.2 Å². The highest BCUT2D eigenvalue weighted by molar-refractivity contribution is 7.99. The van der Waals surface area contributed by atoms with Crippen LogP contribution in [-0.4, -0.2) is 37.5 Å². The Morgan fingerprint density at radius 1 is 1.14 bits per heavy atom. The third kappa shape index (κ3) is 4.96. The number of thioether (sulfide) groups is 1. The van der Waals surface area contributed by atoms with E-state index in [1.54, 1.807) is 45.4 Å². The van der Waals surface area contributed by atoms with Gasteiger partial charge in [-0.3, -0.25) is 4.79 Å². The zero-order chi connectivity index (χ0) is 20.8. The van der Waals surface area contributed by atoms with Crippen LogP contribution in [0, 0.1) is 0 Å². The average Bonchev–Trinajstić information content (AvgIpc) is 3.25. The number of benzene rings is 1. The van der Waals surface area contributed by atoms with E-state index in [1.807, 2.05) is 25.1 Å². The fourth-order valence-electron chi connectivity index (χ4n) is 3.53. The minimum absolute atomic E-state index is 0.139. The summed E-state index contributed by atoms with van der Waals surface area (Å²) in [5.74, 6) is 1.50. The van der Waals surface area contributed by atoms with Gasteiger partial charge in [-0.05, 0) is 49.6 Å². The molecule has 0 radical (unpaired) electrons. The van der Waals surface area contributed by atoms with Crippen molar-refractivity contribution in [1.29, 1.82) is 0 Å². The number of carbonyl (C=O) groups excluding carboxylic acids is 1. The maximum atomic E-state index is 13.0. The molecule has 3 rings (SSSR count). The summed E-state index contributed by atoms with van der Waals surface area (Å²) >= 11 is 1.72. The molecule has 29 heavy (non-hydrogen) atoms. The number of methoxy groups -OCH3 is 3. The molecule has 1 fully saturated rings. The van der Waals surface area contributed by atoms with Crippen LogP contribution >= 0.6 is 11.8 Å². The first-order chi connectivity index (χ1) is 14.1. The predicted molar refractivity (Wildman–Crippen MR) is 114 cm³/mol. The van der Waals surface area contributed by atoms with Gasteiger partial charge in [-0.15, -0.1) is 11.8 Å². The quantitative estimate of drug-likeness (QED) is 0.676. The van der Waals surface area contributed by atoms with Crippen LogP contribution in [0.25, 0.3) is 0 Å². The third-order valence-corrected chi connectivity index (χ3v) is 6.48. The summed E-state index contributed by atoms with van der Waals surface area (Å²) in [6, 6.07) is 7.09. The predicted octanol–water partition coefficient (Wildman–Crippen LogP) is 4.63. The molecule has 0 aliphatic heterocycles. The fraction of sp³-hybridized carbons (Fsp3) is 0.455. The first-order valence-corrected chi connectivity index (χ1v) is 10.7. The van der Waals surface area contributed by atoms with Crippen molar-refractivity contribution in [2.75, 3.05) is 21.3 Å². The van der Waals surface area contributed by atoms with Crippen molar-refractivity contribution in [3.63, 3.8) is 0 Å². The summed E-state index contributed by atoms with van der Waals surface area (Å²) in [7, 11) is 4.72.